The predicted molar refractivity (Wildman–Crippen MR) is 155 cm³/mol. The molecule has 0 radical (unpaired) electrons. The molecule has 1 aliphatic rings. The Bertz CT molecular complexity index is 1230. The van der Waals surface area contributed by atoms with Crippen LogP contribution in [0.3, 0.4) is 0 Å². The number of aliphatic hydroxyl groups excluding tert-OH is 1. The smallest absolute Gasteiger partial charge is 0.234 e. The van der Waals surface area contributed by atoms with Gasteiger partial charge in [0.1, 0.15) is 0 Å². The van der Waals surface area contributed by atoms with E-state index in [2.05, 4.69) is 22.0 Å². The van der Waals surface area contributed by atoms with Gasteiger partial charge in [-0.15, -0.1) is 0 Å². The van der Waals surface area contributed by atoms with E-state index in [1.54, 1.807) is 0 Å². The first kappa shape index (κ1) is 27.5. The molecule has 1 aliphatic heterocycles. The van der Waals surface area contributed by atoms with E-state index < -0.39 is 6.10 Å². The first-order chi connectivity index (χ1) is 18.7. The standard InChI is InChI=1S/C31H33N3O2.C2H6/c35-27(17-16-24-13-7-15-29-28(24)14-8-18-32-29)23-33-19-21-34(22-20-33)31(36)30(25-9-3-1-4-10-25)26-11-5-2-6-12-26;1-2/h1-15,18,27,30,35H,16-17,19-23H2;1-2H3. The molecule has 1 unspecified atom stereocenters. The molecule has 1 atom stereocenters. The Morgan fingerprint density at radius 2 is 1.45 bits per heavy atom. The van der Waals surface area contributed by atoms with E-state index in [-0.39, 0.29) is 11.8 Å². The average molecular weight is 510 g/mol. The van der Waals surface area contributed by atoms with Crippen LogP contribution in [0.25, 0.3) is 10.9 Å². The van der Waals surface area contributed by atoms with Crippen LogP contribution in [0.5, 0.6) is 0 Å². The highest BCUT2D eigenvalue weighted by atomic mass is 16.3. The lowest BCUT2D eigenvalue weighted by molar-refractivity contribution is -0.133. The molecule has 0 spiro atoms. The van der Waals surface area contributed by atoms with Crippen molar-refractivity contribution in [3.63, 3.8) is 0 Å². The topological polar surface area (TPSA) is 56.7 Å². The molecule has 1 N–H and O–H groups in total. The highest BCUT2D eigenvalue weighted by Gasteiger charge is 2.30. The number of aromatic nitrogens is 1. The summed E-state index contributed by atoms with van der Waals surface area (Å²) in [6.07, 6.45) is 2.93. The first-order valence-corrected chi connectivity index (χ1v) is 13.8. The Morgan fingerprint density at radius 3 is 2.08 bits per heavy atom. The van der Waals surface area contributed by atoms with Crippen molar-refractivity contribution in [2.75, 3.05) is 32.7 Å². The quantitative estimate of drug-likeness (QED) is 0.339. The molecule has 0 saturated carbocycles. The van der Waals surface area contributed by atoms with Crippen LogP contribution in [-0.4, -0.2) is 64.6 Å². The normalized spacial score (nSPS) is 14.7. The zero-order valence-corrected chi connectivity index (χ0v) is 22.5. The second kappa shape index (κ2) is 13.8. The van der Waals surface area contributed by atoms with Crippen LogP contribution in [0, 0.1) is 0 Å². The minimum atomic E-state index is -0.402. The van der Waals surface area contributed by atoms with Crippen molar-refractivity contribution in [2.45, 2.75) is 38.7 Å². The molecule has 2 heterocycles. The fraction of sp³-hybridized carbons (Fsp3) is 0.333. The number of piperazine rings is 1. The maximum atomic E-state index is 13.6. The summed E-state index contributed by atoms with van der Waals surface area (Å²) in [5, 5.41) is 11.9. The van der Waals surface area contributed by atoms with Crippen LogP contribution < -0.4 is 0 Å². The number of hydrogen-bond donors (Lipinski definition) is 1. The van der Waals surface area contributed by atoms with Gasteiger partial charge in [-0.25, -0.2) is 0 Å². The van der Waals surface area contributed by atoms with Crippen molar-refractivity contribution in [3.8, 4) is 0 Å². The largest absolute Gasteiger partial charge is 0.392 e. The molecule has 1 fully saturated rings. The van der Waals surface area contributed by atoms with Gasteiger partial charge in [0.2, 0.25) is 5.91 Å². The van der Waals surface area contributed by atoms with Crippen molar-refractivity contribution >= 4 is 16.8 Å². The van der Waals surface area contributed by atoms with E-state index in [1.807, 2.05) is 104 Å². The first-order valence-electron chi connectivity index (χ1n) is 13.8. The summed E-state index contributed by atoms with van der Waals surface area (Å²) >= 11 is 0. The van der Waals surface area contributed by atoms with Gasteiger partial charge in [0.05, 0.1) is 17.5 Å². The maximum absolute atomic E-state index is 13.6. The lowest BCUT2D eigenvalue weighted by Gasteiger charge is -2.37. The van der Waals surface area contributed by atoms with Crippen LogP contribution in [0.15, 0.2) is 97.2 Å². The summed E-state index contributed by atoms with van der Waals surface area (Å²) in [4.78, 5) is 22.3. The molecule has 0 aliphatic carbocycles. The summed E-state index contributed by atoms with van der Waals surface area (Å²) < 4.78 is 0. The molecule has 1 aromatic heterocycles. The minimum Gasteiger partial charge on any atom is -0.392 e. The van der Waals surface area contributed by atoms with E-state index in [0.29, 0.717) is 26.1 Å². The Hall–Kier alpha value is -3.54. The van der Waals surface area contributed by atoms with E-state index in [9.17, 15) is 9.90 Å². The molecule has 1 amide bonds. The fourth-order valence-electron chi connectivity index (χ4n) is 5.20. The van der Waals surface area contributed by atoms with Crippen molar-refractivity contribution in [1.29, 1.82) is 0 Å². The molecular formula is C33H39N3O2. The number of nitrogens with zero attached hydrogens (tertiary/aromatic N) is 3. The molecule has 5 rings (SSSR count). The number of aliphatic hydroxyl groups is 1. The van der Waals surface area contributed by atoms with E-state index in [4.69, 9.17) is 0 Å². The summed E-state index contributed by atoms with van der Waals surface area (Å²) in [5.41, 5.74) is 4.27. The van der Waals surface area contributed by atoms with Gasteiger partial charge >= 0.3 is 0 Å². The van der Waals surface area contributed by atoms with Crippen molar-refractivity contribution < 1.29 is 9.90 Å². The Balaban J connectivity index is 0.00000164. The van der Waals surface area contributed by atoms with Crippen LogP contribution >= 0.6 is 0 Å². The number of pyridine rings is 1. The third-order valence-corrected chi connectivity index (χ3v) is 7.15. The number of hydrogen-bond acceptors (Lipinski definition) is 4. The van der Waals surface area contributed by atoms with E-state index >= 15 is 0 Å². The Labute approximate surface area is 226 Å². The number of fused-ring (bicyclic) bond motifs is 1. The molecule has 5 nitrogen and oxygen atoms in total. The van der Waals surface area contributed by atoms with Gasteiger partial charge in [-0.3, -0.25) is 14.7 Å². The van der Waals surface area contributed by atoms with Crippen LogP contribution in [0.4, 0.5) is 0 Å². The second-order valence-corrected chi connectivity index (χ2v) is 9.56. The number of carbonyl (C=O) groups is 1. The lowest BCUT2D eigenvalue weighted by Crippen LogP contribution is -2.51. The Kier molecular flexibility index (Phi) is 10.0. The molecule has 1 saturated heterocycles. The summed E-state index contributed by atoms with van der Waals surface area (Å²) in [5.74, 6) is -0.142. The van der Waals surface area contributed by atoms with Gasteiger partial charge in [0.15, 0.2) is 0 Å². The lowest BCUT2D eigenvalue weighted by atomic mass is 9.90. The molecule has 3 aromatic carbocycles. The third-order valence-electron chi connectivity index (χ3n) is 7.15. The maximum Gasteiger partial charge on any atom is 0.234 e. The number of aryl methyl sites for hydroxylation is 1. The van der Waals surface area contributed by atoms with Gasteiger partial charge < -0.3 is 10.0 Å². The monoisotopic (exact) mass is 509 g/mol. The highest BCUT2D eigenvalue weighted by molar-refractivity contribution is 5.87. The van der Waals surface area contributed by atoms with Gasteiger partial charge in [0, 0.05) is 44.3 Å². The third kappa shape index (κ3) is 6.85. The molecule has 5 heteroatoms. The summed E-state index contributed by atoms with van der Waals surface area (Å²) in [6, 6.07) is 30.3. The van der Waals surface area contributed by atoms with E-state index in [0.717, 1.165) is 41.5 Å². The average Bonchev–Trinajstić information content (AvgIpc) is 2.99. The van der Waals surface area contributed by atoms with Gasteiger partial charge in [0.25, 0.3) is 0 Å². The minimum absolute atomic E-state index is 0.150. The van der Waals surface area contributed by atoms with E-state index in [1.165, 1.54) is 5.56 Å². The van der Waals surface area contributed by atoms with Gasteiger partial charge in [-0.2, -0.15) is 0 Å². The zero-order chi connectivity index (χ0) is 26.7. The molecule has 198 valence electrons. The number of rotatable bonds is 8. The molecular weight excluding hydrogens is 470 g/mol. The number of amides is 1. The number of β-amino-alcohol motifs (C(OH)–C–C–N with tert-alkyl or cyclic N) is 1. The van der Waals surface area contributed by atoms with Crippen LogP contribution in [0.1, 0.15) is 42.9 Å². The fourth-order valence-corrected chi connectivity index (χ4v) is 5.20. The van der Waals surface area contributed by atoms with Crippen molar-refractivity contribution in [1.82, 2.24) is 14.8 Å². The van der Waals surface area contributed by atoms with Crippen molar-refractivity contribution in [3.05, 3.63) is 114 Å². The van der Waals surface area contributed by atoms with Gasteiger partial charge in [-0.1, -0.05) is 92.7 Å². The van der Waals surface area contributed by atoms with Gasteiger partial charge in [-0.05, 0) is 41.7 Å². The Morgan fingerprint density at radius 1 is 0.816 bits per heavy atom. The number of carbonyl (C=O) groups excluding carboxylic acids is 1. The summed E-state index contributed by atoms with van der Waals surface area (Å²) in [7, 11) is 0. The SMILES string of the molecule is CC.O=C(C(c1ccccc1)c1ccccc1)N1CCN(CC(O)CCc2cccc3ncccc23)CC1. The highest BCUT2D eigenvalue weighted by Crippen LogP contribution is 2.27. The van der Waals surface area contributed by atoms with Crippen molar-refractivity contribution in [2.24, 2.45) is 0 Å². The van der Waals surface area contributed by atoms with Crippen LogP contribution in [-0.2, 0) is 11.2 Å². The molecule has 38 heavy (non-hydrogen) atoms. The zero-order valence-electron chi connectivity index (χ0n) is 22.5. The van der Waals surface area contributed by atoms with Crippen LogP contribution in [0.2, 0.25) is 0 Å². The molecule has 0 bridgehead atoms. The molecule has 4 aromatic rings. The summed E-state index contributed by atoms with van der Waals surface area (Å²) in [6.45, 7) is 7.54. The number of benzene rings is 3. The second-order valence-electron chi connectivity index (χ2n) is 9.56. The predicted octanol–water partition coefficient (Wildman–Crippen LogP) is 5.53.